The molecule has 0 atom stereocenters. The molecule has 4 N–H and O–H groups in total. The largest absolute Gasteiger partial charge is 0.393 e. The van der Waals surface area contributed by atoms with Gasteiger partial charge in [0.1, 0.15) is 5.56 Å². The number of benzene rings is 1. The number of carbonyl (C=O) groups excluding carboxylic acids is 1. The van der Waals surface area contributed by atoms with Gasteiger partial charge in [0.2, 0.25) is 0 Å². The standard InChI is InChI=1S/C25H31F3N6O/c26-25(27,28)13-18-3-1-2-4-19(18)15-31-20-7-9-24(10-8-20,11-12-29)34-16-21(22(30)35)23(33-34)32-14-17-5-6-17/h1-4,16-17,20,31H,5-11,13-15H2,(H2,30,35)(H,32,33). The average molecular weight is 489 g/mol. The number of primary amides is 1. The number of aromatic nitrogens is 2. The van der Waals surface area contributed by atoms with Crippen molar-refractivity contribution in [3.63, 3.8) is 0 Å². The van der Waals surface area contributed by atoms with Crippen LogP contribution < -0.4 is 16.4 Å². The molecule has 2 saturated carbocycles. The van der Waals surface area contributed by atoms with E-state index in [1.165, 1.54) is 6.07 Å². The molecule has 2 aromatic rings. The minimum absolute atomic E-state index is 0.111. The Labute approximate surface area is 202 Å². The minimum Gasteiger partial charge on any atom is -0.368 e. The van der Waals surface area contributed by atoms with Gasteiger partial charge in [-0.2, -0.15) is 23.5 Å². The van der Waals surface area contributed by atoms with E-state index in [0.717, 1.165) is 32.2 Å². The lowest BCUT2D eigenvalue weighted by Crippen LogP contribution is -2.43. The van der Waals surface area contributed by atoms with Crippen molar-refractivity contribution in [2.75, 3.05) is 11.9 Å². The van der Waals surface area contributed by atoms with Crippen molar-refractivity contribution >= 4 is 11.7 Å². The van der Waals surface area contributed by atoms with Crippen LogP contribution in [0.15, 0.2) is 30.5 Å². The van der Waals surface area contributed by atoms with Gasteiger partial charge < -0.3 is 16.4 Å². The highest BCUT2D eigenvalue weighted by Crippen LogP contribution is 2.39. The van der Waals surface area contributed by atoms with Crippen LogP contribution in [0.1, 0.15) is 66.4 Å². The summed E-state index contributed by atoms with van der Waals surface area (Å²) in [5.41, 5.74) is 6.28. The summed E-state index contributed by atoms with van der Waals surface area (Å²) >= 11 is 0. The zero-order chi connectivity index (χ0) is 25.1. The zero-order valence-electron chi connectivity index (χ0n) is 19.6. The van der Waals surface area contributed by atoms with Crippen molar-refractivity contribution in [1.29, 1.82) is 5.26 Å². The first-order chi connectivity index (χ1) is 16.7. The summed E-state index contributed by atoms with van der Waals surface area (Å²) in [6.07, 6.45) is 1.80. The Balaban J connectivity index is 1.42. The third-order valence-corrected chi connectivity index (χ3v) is 7.14. The van der Waals surface area contributed by atoms with E-state index in [2.05, 4.69) is 21.8 Å². The van der Waals surface area contributed by atoms with Crippen LogP contribution in [0.2, 0.25) is 0 Å². The summed E-state index contributed by atoms with van der Waals surface area (Å²) in [6, 6.07) is 9.00. The molecule has 1 aromatic heterocycles. The molecule has 1 heterocycles. The lowest BCUT2D eigenvalue weighted by atomic mass is 9.77. The van der Waals surface area contributed by atoms with Gasteiger partial charge in [0.15, 0.2) is 5.82 Å². The van der Waals surface area contributed by atoms with Crippen molar-refractivity contribution in [3.8, 4) is 6.07 Å². The lowest BCUT2D eigenvalue weighted by Gasteiger charge is -2.39. The molecule has 1 amide bonds. The highest BCUT2D eigenvalue weighted by atomic mass is 19.4. The number of amides is 1. The summed E-state index contributed by atoms with van der Waals surface area (Å²) in [6.45, 7) is 1.09. The molecule has 0 bridgehead atoms. The van der Waals surface area contributed by atoms with E-state index in [4.69, 9.17) is 5.73 Å². The Morgan fingerprint density at radius 2 is 1.89 bits per heavy atom. The van der Waals surface area contributed by atoms with Crippen LogP contribution in [0.3, 0.4) is 0 Å². The van der Waals surface area contributed by atoms with Gasteiger partial charge in [-0.15, -0.1) is 0 Å². The number of carbonyl (C=O) groups is 1. The molecule has 0 radical (unpaired) electrons. The number of alkyl halides is 3. The van der Waals surface area contributed by atoms with Crippen LogP contribution >= 0.6 is 0 Å². The van der Waals surface area contributed by atoms with Gasteiger partial charge >= 0.3 is 6.18 Å². The highest BCUT2D eigenvalue weighted by molar-refractivity contribution is 5.97. The van der Waals surface area contributed by atoms with E-state index >= 15 is 0 Å². The fourth-order valence-corrected chi connectivity index (χ4v) is 4.86. The van der Waals surface area contributed by atoms with Crippen molar-refractivity contribution in [3.05, 3.63) is 47.2 Å². The number of hydrogen-bond donors (Lipinski definition) is 3. The van der Waals surface area contributed by atoms with Gasteiger partial charge in [0.25, 0.3) is 5.91 Å². The van der Waals surface area contributed by atoms with E-state index in [9.17, 15) is 23.2 Å². The number of nitriles is 1. The van der Waals surface area contributed by atoms with Crippen LogP contribution in [0.5, 0.6) is 0 Å². The number of nitrogens with one attached hydrogen (secondary N) is 2. The zero-order valence-corrected chi connectivity index (χ0v) is 19.6. The Hall–Kier alpha value is -3.06. The monoisotopic (exact) mass is 488 g/mol. The van der Waals surface area contributed by atoms with E-state index < -0.39 is 24.0 Å². The third kappa shape index (κ3) is 6.34. The smallest absolute Gasteiger partial charge is 0.368 e. The molecule has 1 aromatic carbocycles. The number of nitrogens with two attached hydrogens (primary N) is 1. The second kappa shape index (κ2) is 10.3. The maximum atomic E-state index is 12.9. The Morgan fingerprint density at radius 1 is 1.20 bits per heavy atom. The van der Waals surface area contributed by atoms with E-state index in [0.29, 0.717) is 42.2 Å². The SMILES string of the molecule is N#CCC1(n2cc(C(N)=O)c(NCC3CC3)n2)CCC(NCc2ccccc2CC(F)(F)F)CC1. The third-order valence-electron chi connectivity index (χ3n) is 7.14. The second-order valence-electron chi connectivity index (χ2n) is 9.80. The fourth-order valence-electron chi connectivity index (χ4n) is 4.86. The van der Waals surface area contributed by atoms with Gasteiger partial charge in [0.05, 0.1) is 24.4 Å². The fraction of sp³-hybridized carbons (Fsp3) is 0.560. The second-order valence-corrected chi connectivity index (χ2v) is 9.80. The van der Waals surface area contributed by atoms with Gasteiger partial charge in [-0.05, 0) is 55.6 Å². The quantitative estimate of drug-likeness (QED) is 0.463. The van der Waals surface area contributed by atoms with Crippen LogP contribution in [-0.2, 0) is 18.5 Å². The normalized spacial score (nSPS) is 22.5. The number of anilines is 1. The molecule has 188 valence electrons. The van der Waals surface area contributed by atoms with Crippen LogP contribution in [-0.4, -0.2) is 34.5 Å². The predicted molar refractivity (Wildman–Crippen MR) is 125 cm³/mol. The van der Waals surface area contributed by atoms with Crippen molar-refractivity contribution in [2.45, 2.75) is 75.7 Å². The number of hydrogen-bond acceptors (Lipinski definition) is 5. The molecule has 0 unspecified atom stereocenters. The Kier molecular flexibility index (Phi) is 7.36. The first-order valence-electron chi connectivity index (χ1n) is 12.1. The number of rotatable bonds is 10. The molecule has 2 aliphatic rings. The predicted octanol–water partition coefficient (Wildman–Crippen LogP) is 4.25. The summed E-state index contributed by atoms with van der Waals surface area (Å²) in [4.78, 5) is 12.0. The number of nitrogens with zero attached hydrogens (tertiary/aromatic N) is 3. The Morgan fingerprint density at radius 3 is 2.49 bits per heavy atom. The summed E-state index contributed by atoms with van der Waals surface area (Å²) in [5.74, 6) is 0.495. The van der Waals surface area contributed by atoms with Crippen molar-refractivity contribution < 1.29 is 18.0 Å². The maximum absolute atomic E-state index is 12.9. The van der Waals surface area contributed by atoms with Gasteiger partial charge in [-0.25, -0.2) is 0 Å². The van der Waals surface area contributed by atoms with Gasteiger partial charge in [-0.3, -0.25) is 9.48 Å². The molecule has 4 rings (SSSR count). The first kappa shape index (κ1) is 25.0. The molecule has 7 nitrogen and oxygen atoms in total. The van der Waals surface area contributed by atoms with Crippen LogP contribution in [0, 0.1) is 17.2 Å². The lowest BCUT2D eigenvalue weighted by molar-refractivity contribution is -0.127. The van der Waals surface area contributed by atoms with E-state index in [1.807, 2.05) is 0 Å². The molecule has 0 aliphatic heterocycles. The molecule has 2 fully saturated rings. The molecule has 0 spiro atoms. The Bertz CT molecular complexity index is 1080. The molecule has 2 aliphatic carbocycles. The topological polar surface area (TPSA) is 109 Å². The summed E-state index contributed by atoms with van der Waals surface area (Å²) in [7, 11) is 0. The van der Waals surface area contributed by atoms with Crippen molar-refractivity contribution in [1.82, 2.24) is 15.1 Å². The number of halogens is 3. The highest BCUT2D eigenvalue weighted by Gasteiger charge is 2.39. The molecular weight excluding hydrogens is 457 g/mol. The minimum atomic E-state index is -4.25. The van der Waals surface area contributed by atoms with Gasteiger partial charge in [0, 0.05) is 25.3 Å². The summed E-state index contributed by atoms with van der Waals surface area (Å²) in [5, 5.41) is 20.8. The molecule has 0 saturated heterocycles. The average Bonchev–Trinajstić information content (AvgIpc) is 3.53. The maximum Gasteiger partial charge on any atom is 0.393 e. The first-order valence-corrected chi connectivity index (χ1v) is 12.1. The van der Waals surface area contributed by atoms with Crippen LogP contribution in [0.4, 0.5) is 19.0 Å². The summed E-state index contributed by atoms with van der Waals surface area (Å²) < 4.78 is 40.5. The van der Waals surface area contributed by atoms with Gasteiger partial charge in [-0.1, -0.05) is 24.3 Å². The molecule has 10 heteroatoms. The van der Waals surface area contributed by atoms with Crippen molar-refractivity contribution in [2.24, 2.45) is 11.7 Å². The molecular formula is C25H31F3N6O. The molecule has 35 heavy (non-hydrogen) atoms. The van der Waals surface area contributed by atoms with Crippen LogP contribution in [0.25, 0.3) is 0 Å². The van der Waals surface area contributed by atoms with E-state index in [1.54, 1.807) is 29.1 Å². The van der Waals surface area contributed by atoms with E-state index in [-0.39, 0.29) is 18.0 Å².